The first-order valence-corrected chi connectivity index (χ1v) is 11.7. The van der Waals surface area contributed by atoms with Gasteiger partial charge in [0.15, 0.2) is 5.12 Å². The number of likely N-dealkylation sites (tertiary alicyclic amines) is 1. The summed E-state index contributed by atoms with van der Waals surface area (Å²) in [5, 5.41) is 2.33. The second-order valence-corrected chi connectivity index (χ2v) is 9.42. The molecule has 0 bridgehead atoms. The van der Waals surface area contributed by atoms with Gasteiger partial charge in [0.05, 0.1) is 5.25 Å². The van der Waals surface area contributed by atoms with Gasteiger partial charge in [0.1, 0.15) is 6.04 Å². The maximum absolute atomic E-state index is 12.9. The molecule has 0 spiro atoms. The molecule has 0 saturated carbocycles. The Labute approximate surface area is 188 Å². The summed E-state index contributed by atoms with van der Waals surface area (Å²) in [6.07, 6.45) is 2.64. The van der Waals surface area contributed by atoms with Crippen LogP contribution in [-0.4, -0.2) is 45.7 Å². The Balaban J connectivity index is 1.57. The quantitative estimate of drug-likeness (QED) is 0.649. The SMILES string of the molecule is CC(=O)SC(CCc1ccccc1)C(=O)NC1CC(C)N(CCc2ccccc2)C1=O. The number of aryl methyl sites for hydroxylation is 1. The van der Waals surface area contributed by atoms with Gasteiger partial charge in [-0.05, 0) is 43.7 Å². The van der Waals surface area contributed by atoms with Crippen molar-refractivity contribution in [2.75, 3.05) is 6.54 Å². The molecule has 1 saturated heterocycles. The molecule has 0 aromatic heterocycles. The highest BCUT2D eigenvalue weighted by Gasteiger charge is 2.38. The highest BCUT2D eigenvalue weighted by Crippen LogP contribution is 2.23. The third-order valence-corrected chi connectivity index (χ3v) is 6.70. The maximum atomic E-state index is 12.9. The predicted octanol–water partition coefficient (Wildman–Crippen LogP) is 3.62. The fraction of sp³-hybridized carbons (Fsp3) is 0.400. The smallest absolute Gasteiger partial charge is 0.245 e. The molecule has 3 unspecified atom stereocenters. The third-order valence-electron chi connectivity index (χ3n) is 5.63. The van der Waals surface area contributed by atoms with Gasteiger partial charge >= 0.3 is 0 Å². The first-order valence-electron chi connectivity index (χ1n) is 10.8. The summed E-state index contributed by atoms with van der Waals surface area (Å²) in [7, 11) is 0. The number of benzene rings is 2. The van der Waals surface area contributed by atoms with Gasteiger partial charge in [0.25, 0.3) is 0 Å². The van der Waals surface area contributed by atoms with E-state index in [1.807, 2.05) is 60.4 Å². The molecule has 1 heterocycles. The van der Waals surface area contributed by atoms with Gasteiger partial charge in [0, 0.05) is 19.5 Å². The van der Waals surface area contributed by atoms with Crippen LogP contribution in [0.5, 0.6) is 0 Å². The third kappa shape index (κ3) is 6.69. The summed E-state index contributed by atoms with van der Waals surface area (Å²) in [5.74, 6) is -0.266. The van der Waals surface area contributed by atoms with E-state index in [0.717, 1.165) is 23.7 Å². The van der Waals surface area contributed by atoms with Crippen LogP contribution in [0.4, 0.5) is 0 Å². The summed E-state index contributed by atoms with van der Waals surface area (Å²) < 4.78 is 0. The van der Waals surface area contributed by atoms with Crippen LogP contribution < -0.4 is 5.32 Å². The number of nitrogens with one attached hydrogen (secondary N) is 1. The van der Waals surface area contributed by atoms with E-state index in [1.165, 1.54) is 12.5 Å². The van der Waals surface area contributed by atoms with Crippen molar-refractivity contribution in [1.29, 1.82) is 0 Å². The minimum absolute atomic E-state index is 0.0357. The van der Waals surface area contributed by atoms with Gasteiger partial charge < -0.3 is 10.2 Å². The lowest BCUT2D eigenvalue weighted by Crippen LogP contribution is -2.45. The number of nitrogens with zero attached hydrogens (tertiary/aromatic N) is 1. The van der Waals surface area contributed by atoms with E-state index in [1.54, 1.807) is 0 Å². The molecule has 1 aliphatic rings. The maximum Gasteiger partial charge on any atom is 0.245 e. The number of hydrogen-bond donors (Lipinski definition) is 1. The number of rotatable bonds is 9. The standard InChI is InChI=1S/C25H30N2O3S/c1-18-17-22(25(30)27(18)16-15-21-11-7-4-8-12-21)26-24(29)23(31-19(2)28)14-13-20-9-5-3-6-10-20/h3-12,18,22-23H,13-17H2,1-2H3,(H,26,29). The minimum Gasteiger partial charge on any atom is -0.343 e. The van der Waals surface area contributed by atoms with Crippen molar-refractivity contribution >= 4 is 28.7 Å². The van der Waals surface area contributed by atoms with E-state index in [4.69, 9.17) is 0 Å². The molecule has 2 aromatic carbocycles. The Morgan fingerprint density at radius 2 is 1.61 bits per heavy atom. The normalized spacial score (nSPS) is 19.3. The van der Waals surface area contributed by atoms with Crippen LogP contribution in [0.1, 0.15) is 37.8 Å². The number of amides is 2. The molecular formula is C25H30N2O3S. The Hall–Kier alpha value is -2.60. The van der Waals surface area contributed by atoms with E-state index in [9.17, 15) is 14.4 Å². The minimum atomic E-state index is -0.523. The van der Waals surface area contributed by atoms with Crippen molar-refractivity contribution < 1.29 is 14.4 Å². The predicted molar refractivity (Wildman–Crippen MR) is 125 cm³/mol. The topological polar surface area (TPSA) is 66.5 Å². The fourth-order valence-corrected chi connectivity index (χ4v) is 4.79. The number of carbonyl (C=O) groups excluding carboxylic acids is 3. The summed E-state index contributed by atoms with van der Waals surface area (Å²) >= 11 is 1.04. The number of carbonyl (C=O) groups is 3. The highest BCUT2D eigenvalue weighted by atomic mass is 32.2. The molecule has 31 heavy (non-hydrogen) atoms. The van der Waals surface area contributed by atoms with E-state index in [2.05, 4.69) is 17.4 Å². The molecule has 164 valence electrons. The zero-order valence-corrected chi connectivity index (χ0v) is 18.9. The van der Waals surface area contributed by atoms with E-state index in [0.29, 0.717) is 25.8 Å². The lowest BCUT2D eigenvalue weighted by molar-refractivity contribution is -0.133. The van der Waals surface area contributed by atoms with Gasteiger partial charge in [-0.25, -0.2) is 0 Å². The molecule has 5 nitrogen and oxygen atoms in total. The molecule has 1 fully saturated rings. The van der Waals surface area contributed by atoms with Crippen molar-refractivity contribution in [3.63, 3.8) is 0 Å². The first-order chi connectivity index (χ1) is 14.9. The average Bonchev–Trinajstić information content (AvgIpc) is 3.03. The van der Waals surface area contributed by atoms with E-state index in [-0.39, 0.29) is 23.0 Å². The molecule has 6 heteroatoms. The van der Waals surface area contributed by atoms with Crippen molar-refractivity contribution in [2.45, 2.75) is 56.9 Å². The molecule has 2 amide bonds. The molecular weight excluding hydrogens is 408 g/mol. The molecule has 2 aromatic rings. The zero-order chi connectivity index (χ0) is 22.2. The molecule has 1 aliphatic heterocycles. The molecule has 1 N–H and O–H groups in total. The summed E-state index contributed by atoms with van der Waals surface area (Å²) in [4.78, 5) is 39.4. The van der Waals surface area contributed by atoms with Crippen LogP contribution in [0, 0.1) is 0 Å². The second kappa shape index (κ2) is 11.1. The number of thioether (sulfide) groups is 1. The first kappa shape index (κ1) is 23.1. The van der Waals surface area contributed by atoms with Crippen molar-refractivity contribution in [3.8, 4) is 0 Å². The average molecular weight is 439 g/mol. The van der Waals surface area contributed by atoms with Gasteiger partial charge in [-0.2, -0.15) is 0 Å². The van der Waals surface area contributed by atoms with Gasteiger partial charge in [0.2, 0.25) is 11.8 Å². The summed E-state index contributed by atoms with van der Waals surface area (Å²) in [6.45, 7) is 4.13. The van der Waals surface area contributed by atoms with Gasteiger partial charge in [-0.3, -0.25) is 14.4 Å². The van der Waals surface area contributed by atoms with E-state index >= 15 is 0 Å². The Kier molecular flexibility index (Phi) is 8.29. The summed E-state index contributed by atoms with van der Waals surface area (Å²) in [5.41, 5.74) is 2.32. The number of hydrogen-bond acceptors (Lipinski definition) is 4. The second-order valence-electron chi connectivity index (χ2n) is 8.04. The Morgan fingerprint density at radius 3 is 2.19 bits per heavy atom. The van der Waals surface area contributed by atoms with Crippen LogP contribution in [0.25, 0.3) is 0 Å². The van der Waals surface area contributed by atoms with Crippen molar-refractivity contribution in [1.82, 2.24) is 10.2 Å². The Morgan fingerprint density at radius 1 is 1.03 bits per heavy atom. The monoisotopic (exact) mass is 438 g/mol. The van der Waals surface area contributed by atoms with Crippen LogP contribution in [0.15, 0.2) is 60.7 Å². The van der Waals surface area contributed by atoms with Crippen molar-refractivity contribution in [3.05, 3.63) is 71.8 Å². The van der Waals surface area contributed by atoms with Crippen LogP contribution in [0.3, 0.4) is 0 Å². The zero-order valence-electron chi connectivity index (χ0n) is 18.1. The largest absolute Gasteiger partial charge is 0.343 e. The van der Waals surface area contributed by atoms with Crippen LogP contribution >= 0.6 is 11.8 Å². The van der Waals surface area contributed by atoms with Crippen LogP contribution in [0.2, 0.25) is 0 Å². The lowest BCUT2D eigenvalue weighted by atomic mass is 10.1. The van der Waals surface area contributed by atoms with Gasteiger partial charge in [-0.1, -0.05) is 72.4 Å². The van der Waals surface area contributed by atoms with Crippen LogP contribution in [-0.2, 0) is 27.2 Å². The van der Waals surface area contributed by atoms with E-state index < -0.39 is 11.3 Å². The van der Waals surface area contributed by atoms with Crippen molar-refractivity contribution in [2.24, 2.45) is 0 Å². The lowest BCUT2D eigenvalue weighted by Gasteiger charge is -2.22. The highest BCUT2D eigenvalue weighted by molar-refractivity contribution is 8.14. The molecule has 3 atom stereocenters. The molecule has 0 radical (unpaired) electrons. The Bertz CT molecular complexity index is 888. The fourth-order valence-electron chi connectivity index (χ4n) is 3.98. The molecule has 0 aliphatic carbocycles. The summed E-state index contributed by atoms with van der Waals surface area (Å²) in [6, 6.07) is 19.5. The van der Waals surface area contributed by atoms with Gasteiger partial charge in [-0.15, -0.1) is 0 Å². The molecule has 3 rings (SSSR count).